The third-order valence-corrected chi connectivity index (χ3v) is 21.4. The number of phosphoric acid groups is 2. The fourth-order valence-electron chi connectivity index (χ4n) is 12.6. The number of esters is 4. The smallest absolute Gasteiger partial charge is 0.462 e. The van der Waals surface area contributed by atoms with E-state index in [1.165, 1.54) is 238 Å². The van der Waals surface area contributed by atoms with Crippen LogP contribution >= 0.6 is 15.6 Å². The molecule has 3 N–H and O–H groups in total. The molecular formula is C82H160O17P2. The summed E-state index contributed by atoms with van der Waals surface area (Å²) in [6, 6.07) is 0. The summed E-state index contributed by atoms with van der Waals surface area (Å²) in [4.78, 5) is 73.1. The van der Waals surface area contributed by atoms with Crippen LogP contribution in [0.4, 0.5) is 0 Å². The van der Waals surface area contributed by atoms with Crippen LogP contribution in [0.1, 0.15) is 427 Å². The van der Waals surface area contributed by atoms with E-state index in [-0.39, 0.29) is 25.7 Å². The van der Waals surface area contributed by atoms with Gasteiger partial charge in [0.1, 0.15) is 19.3 Å². The maximum absolute atomic E-state index is 13.1. The normalized spacial score (nSPS) is 14.2. The van der Waals surface area contributed by atoms with Crippen molar-refractivity contribution >= 4 is 39.5 Å². The van der Waals surface area contributed by atoms with Gasteiger partial charge < -0.3 is 33.8 Å². The summed E-state index contributed by atoms with van der Waals surface area (Å²) in [7, 11) is -9.92. The van der Waals surface area contributed by atoms with Crippen molar-refractivity contribution in [2.75, 3.05) is 39.6 Å². The monoisotopic (exact) mass is 1480 g/mol. The van der Waals surface area contributed by atoms with E-state index in [0.717, 1.165) is 108 Å². The number of carbonyl (C=O) groups is 4. The fourth-order valence-corrected chi connectivity index (χ4v) is 14.2. The highest BCUT2D eigenvalue weighted by Gasteiger charge is 2.30. The zero-order valence-electron chi connectivity index (χ0n) is 66.4. The Morgan fingerprint density at radius 1 is 0.287 bits per heavy atom. The molecule has 0 rings (SSSR count). The SMILES string of the molecule is CCCCCCCCCCCCCC(=O)OC[C@H](COP(=O)(O)OC[C@H](O)COP(=O)(O)OC[C@@H](COC(=O)CCCCCCCCCCCCCCCCCC(C)C)OC(=O)CCCCCCCCCCCCCCCCCC(C)C)OC(=O)CCCCCCCCCCCCC(C)CC. The summed E-state index contributed by atoms with van der Waals surface area (Å²) >= 11 is 0. The van der Waals surface area contributed by atoms with Gasteiger partial charge in [0.15, 0.2) is 12.2 Å². The highest BCUT2D eigenvalue weighted by Crippen LogP contribution is 2.45. The Morgan fingerprint density at radius 2 is 0.505 bits per heavy atom. The molecule has 17 nitrogen and oxygen atoms in total. The highest BCUT2D eigenvalue weighted by molar-refractivity contribution is 7.47. The zero-order valence-corrected chi connectivity index (χ0v) is 68.2. The van der Waals surface area contributed by atoms with Gasteiger partial charge in [0, 0.05) is 25.7 Å². The second kappa shape index (κ2) is 72.3. The first-order chi connectivity index (χ1) is 48.8. The van der Waals surface area contributed by atoms with E-state index in [4.69, 9.17) is 37.0 Å². The van der Waals surface area contributed by atoms with Crippen LogP contribution in [0.5, 0.6) is 0 Å². The van der Waals surface area contributed by atoms with Crippen LogP contribution in [0.25, 0.3) is 0 Å². The summed E-state index contributed by atoms with van der Waals surface area (Å²) in [5, 5.41) is 10.7. The van der Waals surface area contributed by atoms with Crippen molar-refractivity contribution in [3.05, 3.63) is 0 Å². The second-order valence-electron chi connectivity index (χ2n) is 30.7. The van der Waals surface area contributed by atoms with Crippen LogP contribution in [0.15, 0.2) is 0 Å². The predicted octanol–water partition coefficient (Wildman–Crippen LogP) is 24.5. The molecule has 0 bridgehead atoms. The minimum absolute atomic E-state index is 0.106. The van der Waals surface area contributed by atoms with E-state index in [1.807, 2.05) is 0 Å². The van der Waals surface area contributed by atoms with Crippen molar-refractivity contribution in [1.82, 2.24) is 0 Å². The number of hydrogen-bond acceptors (Lipinski definition) is 15. The number of hydrogen-bond donors (Lipinski definition) is 3. The Morgan fingerprint density at radius 3 is 0.752 bits per heavy atom. The lowest BCUT2D eigenvalue weighted by atomic mass is 9.99. The molecule has 0 aliphatic heterocycles. The Hall–Kier alpha value is -1.94. The molecule has 6 atom stereocenters. The van der Waals surface area contributed by atoms with Gasteiger partial charge in [-0.05, 0) is 43.4 Å². The average Bonchev–Trinajstić information content (AvgIpc) is 1.06. The molecule has 0 aromatic carbocycles. The van der Waals surface area contributed by atoms with E-state index < -0.39 is 97.5 Å². The molecule has 0 heterocycles. The van der Waals surface area contributed by atoms with Gasteiger partial charge in [-0.1, -0.05) is 376 Å². The summed E-state index contributed by atoms with van der Waals surface area (Å²) in [5.74, 6) is 0.304. The van der Waals surface area contributed by atoms with Gasteiger partial charge in [0.25, 0.3) is 0 Å². The Kier molecular flexibility index (Phi) is 70.9. The number of rotatable bonds is 80. The number of aliphatic hydroxyl groups is 1. The minimum Gasteiger partial charge on any atom is -0.462 e. The largest absolute Gasteiger partial charge is 0.472 e. The summed E-state index contributed by atoms with van der Waals surface area (Å²) in [6.07, 6.45) is 60.9. The molecule has 0 aliphatic carbocycles. The van der Waals surface area contributed by atoms with E-state index in [1.54, 1.807) is 0 Å². The standard InChI is InChI=1S/C82H160O17P2/c1-8-10-11-12-13-14-25-35-42-49-56-63-79(84)92-69-78(99-82(87)66-59-52-45-38-31-30-34-41-48-55-62-75(7)9-2)72-97-101(90,91)95-68-76(83)67-94-100(88,89)96-71-77(98-81(86)65-58-51-44-37-29-24-20-16-18-22-27-33-40-47-54-61-74(5)6)70-93-80(85)64-57-50-43-36-28-23-19-15-17-21-26-32-39-46-53-60-73(3)4/h73-78,83H,8-72H2,1-7H3,(H,88,89)(H,90,91)/t75?,76-,77-,78-/m1/s1. The molecule has 19 heteroatoms. The van der Waals surface area contributed by atoms with E-state index in [9.17, 15) is 43.2 Å². The first kappa shape index (κ1) is 99.1. The Bertz CT molecular complexity index is 1960. The predicted molar refractivity (Wildman–Crippen MR) is 414 cm³/mol. The molecule has 0 aromatic rings. The summed E-state index contributed by atoms with van der Waals surface area (Å²) in [5.41, 5.74) is 0. The number of unbranched alkanes of at least 4 members (excludes halogenated alkanes) is 47. The van der Waals surface area contributed by atoms with Crippen molar-refractivity contribution in [1.29, 1.82) is 0 Å². The van der Waals surface area contributed by atoms with E-state index in [0.29, 0.717) is 25.7 Å². The van der Waals surface area contributed by atoms with E-state index in [2.05, 4.69) is 48.5 Å². The number of carbonyl (C=O) groups excluding carboxylic acids is 4. The van der Waals surface area contributed by atoms with Gasteiger partial charge in [-0.25, -0.2) is 9.13 Å². The number of ether oxygens (including phenoxy) is 4. The molecule has 0 saturated carbocycles. The van der Waals surface area contributed by atoms with Gasteiger partial charge in [-0.3, -0.25) is 37.3 Å². The van der Waals surface area contributed by atoms with Crippen LogP contribution in [-0.4, -0.2) is 96.7 Å². The molecule has 0 spiro atoms. The molecule has 0 fully saturated rings. The van der Waals surface area contributed by atoms with Crippen LogP contribution in [0, 0.1) is 17.8 Å². The van der Waals surface area contributed by atoms with Crippen LogP contribution in [-0.2, 0) is 65.4 Å². The van der Waals surface area contributed by atoms with Crippen molar-refractivity contribution in [2.45, 2.75) is 446 Å². The molecule has 3 unspecified atom stereocenters. The highest BCUT2D eigenvalue weighted by atomic mass is 31.2. The molecule has 101 heavy (non-hydrogen) atoms. The lowest BCUT2D eigenvalue weighted by Crippen LogP contribution is -2.30. The topological polar surface area (TPSA) is 237 Å². The molecular weight excluding hydrogens is 1320 g/mol. The van der Waals surface area contributed by atoms with Crippen LogP contribution in [0.2, 0.25) is 0 Å². The van der Waals surface area contributed by atoms with Gasteiger partial charge in [0.2, 0.25) is 0 Å². The quantitative estimate of drug-likeness (QED) is 0.0222. The Labute approximate surface area is 619 Å². The minimum atomic E-state index is -4.96. The van der Waals surface area contributed by atoms with Gasteiger partial charge >= 0.3 is 39.5 Å². The second-order valence-corrected chi connectivity index (χ2v) is 33.6. The van der Waals surface area contributed by atoms with Gasteiger partial charge in [0.05, 0.1) is 26.4 Å². The maximum Gasteiger partial charge on any atom is 0.472 e. The van der Waals surface area contributed by atoms with Crippen molar-refractivity contribution in [3.63, 3.8) is 0 Å². The summed E-state index contributed by atoms with van der Waals surface area (Å²) in [6.45, 7) is 12.0. The van der Waals surface area contributed by atoms with Crippen LogP contribution < -0.4 is 0 Å². The van der Waals surface area contributed by atoms with Crippen LogP contribution in [0.3, 0.4) is 0 Å². The molecule has 0 saturated heterocycles. The zero-order chi connectivity index (χ0) is 74.4. The first-order valence-electron chi connectivity index (χ1n) is 42.4. The fraction of sp³-hybridized carbons (Fsp3) is 0.951. The first-order valence-corrected chi connectivity index (χ1v) is 45.4. The third kappa shape index (κ3) is 74.7. The lowest BCUT2D eigenvalue weighted by molar-refractivity contribution is -0.161. The van der Waals surface area contributed by atoms with Crippen molar-refractivity contribution < 1.29 is 80.2 Å². The number of phosphoric ester groups is 2. The molecule has 0 aliphatic rings. The molecule has 0 radical (unpaired) electrons. The molecule has 600 valence electrons. The molecule has 0 aromatic heterocycles. The molecule has 0 amide bonds. The van der Waals surface area contributed by atoms with E-state index >= 15 is 0 Å². The van der Waals surface area contributed by atoms with Crippen molar-refractivity contribution in [2.24, 2.45) is 17.8 Å². The van der Waals surface area contributed by atoms with Gasteiger partial charge in [-0.2, -0.15) is 0 Å². The summed E-state index contributed by atoms with van der Waals surface area (Å²) < 4.78 is 68.8. The van der Waals surface area contributed by atoms with Crippen molar-refractivity contribution in [3.8, 4) is 0 Å². The van der Waals surface area contributed by atoms with Gasteiger partial charge in [-0.15, -0.1) is 0 Å². The number of aliphatic hydroxyl groups excluding tert-OH is 1. The average molecular weight is 1480 g/mol. The third-order valence-electron chi connectivity index (χ3n) is 19.5. The lowest BCUT2D eigenvalue weighted by Gasteiger charge is -2.21. The Balaban J connectivity index is 5.25. The maximum atomic E-state index is 13.1.